The number of aromatic nitrogens is 1. The minimum atomic E-state index is -0.282. The number of ether oxygens (including phenoxy) is 1. The Morgan fingerprint density at radius 2 is 1.69 bits per heavy atom. The number of fused-ring (bicyclic) bond motifs is 1. The van der Waals surface area contributed by atoms with Gasteiger partial charge >= 0.3 is 0 Å². The van der Waals surface area contributed by atoms with Crippen LogP contribution in [0, 0.1) is 0 Å². The maximum absolute atomic E-state index is 13.6. The van der Waals surface area contributed by atoms with Gasteiger partial charge in [0.15, 0.2) is 0 Å². The predicted octanol–water partition coefficient (Wildman–Crippen LogP) is 3.82. The Hall–Kier alpha value is -3.93. The zero-order chi connectivity index (χ0) is 22.1. The van der Waals surface area contributed by atoms with Crippen LogP contribution in [0.2, 0.25) is 0 Å². The molecule has 3 heterocycles. The molecular formula is C26H23N3O3. The van der Waals surface area contributed by atoms with Crippen LogP contribution in [0.4, 0.5) is 5.69 Å². The minimum absolute atomic E-state index is 0.208. The van der Waals surface area contributed by atoms with Crippen molar-refractivity contribution < 1.29 is 14.3 Å². The fourth-order valence-corrected chi connectivity index (χ4v) is 4.34. The number of anilines is 1. The molecule has 32 heavy (non-hydrogen) atoms. The van der Waals surface area contributed by atoms with E-state index in [1.807, 2.05) is 66.4 Å². The highest BCUT2D eigenvalue weighted by Crippen LogP contribution is 2.39. The Bertz CT molecular complexity index is 1200. The lowest BCUT2D eigenvalue weighted by Crippen LogP contribution is -2.34. The number of hydrogen-bond donors (Lipinski definition) is 0. The molecule has 1 aromatic heterocycles. The molecule has 5 rings (SSSR count). The molecule has 0 radical (unpaired) electrons. The van der Waals surface area contributed by atoms with E-state index in [2.05, 4.69) is 11.1 Å². The third kappa shape index (κ3) is 3.43. The maximum Gasteiger partial charge on any atom is 0.278 e. The molecule has 0 bridgehead atoms. The lowest BCUT2D eigenvalue weighted by atomic mass is 10.0. The lowest BCUT2D eigenvalue weighted by molar-refractivity contribution is -0.137. The Labute approximate surface area is 186 Å². The molecule has 2 aliphatic rings. The molecule has 0 unspecified atom stereocenters. The minimum Gasteiger partial charge on any atom is -0.494 e. The first-order chi connectivity index (χ1) is 15.7. The topological polar surface area (TPSA) is 62.7 Å². The van der Waals surface area contributed by atoms with Gasteiger partial charge in [-0.05, 0) is 60.4 Å². The monoisotopic (exact) mass is 425 g/mol. The van der Waals surface area contributed by atoms with Crippen molar-refractivity contribution in [1.29, 1.82) is 0 Å². The van der Waals surface area contributed by atoms with Crippen LogP contribution >= 0.6 is 0 Å². The van der Waals surface area contributed by atoms with E-state index >= 15 is 0 Å². The van der Waals surface area contributed by atoms with Crippen LogP contribution < -0.4 is 9.64 Å². The highest BCUT2D eigenvalue weighted by atomic mass is 16.5. The standard InChI is InChI=1S/C26H23N3O3/c1-2-32-21-9-7-20(8-10-21)23-24(28-16-13-19-5-3-4-6-22(19)28)26(31)29(25(23)30)17-18-11-14-27-15-12-18/h3-12,14-15H,2,13,16-17H2,1H3. The summed E-state index contributed by atoms with van der Waals surface area (Å²) in [6.07, 6.45) is 4.17. The van der Waals surface area contributed by atoms with Crippen molar-refractivity contribution in [1.82, 2.24) is 9.88 Å². The van der Waals surface area contributed by atoms with E-state index in [-0.39, 0.29) is 18.4 Å². The summed E-state index contributed by atoms with van der Waals surface area (Å²) in [6, 6.07) is 19.1. The second-order valence-electron chi connectivity index (χ2n) is 7.76. The lowest BCUT2D eigenvalue weighted by Gasteiger charge is -2.22. The third-order valence-electron chi connectivity index (χ3n) is 5.84. The second kappa shape index (κ2) is 8.30. The molecule has 6 nitrogen and oxygen atoms in total. The maximum atomic E-state index is 13.6. The normalized spacial score (nSPS) is 15.5. The predicted molar refractivity (Wildman–Crippen MR) is 122 cm³/mol. The Morgan fingerprint density at radius 3 is 2.44 bits per heavy atom. The smallest absolute Gasteiger partial charge is 0.278 e. The molecule has 2 aliphatic heterocycles. The van der Waals surface area contributed by atoms with E-state index in [9.17, 15) is 9.59 Å². The summed E-state index contributed by atoms with van der Waals surface area (Å²) in [4.78, 5) is 34.6. The van der Waals surface area contributed by atoms with Gasteiger partial charge in [0, 0.05) is 24.6 Å². The van der Waals surface area contributed by atoms with E-state index in [4.69, 9.17) is 4.74 Å². The number of pyridine rings is 1. The first kappa shape index (κ1) is 20.0. The van der Waals surface area contributed by atoms with E-state index in [0.29, 0.717) is 30.0 Å². The summed E-state index contributed by atoms with van der Waals surface area (Å²) in [5.74, 6) is 0.179. The molecule has 0 saturated heterocycles. The van der Waals surface area contributed by atoms with Gasteiger partial charge in [0.25, 0.3) is 11.8 Å². The summed E-state index contributed by atoms with van der Waals surface area (Å²) < 4.78 is 5.55. The molecule has 0 fully saturated rings. The number of amides is 2. The molecule has 160 valence electrons. The summed E-state index contributed by atoms with van der Waals surface area (Å²) >= 11 is 0. The molecule has 0 aliphatic carbocycles. The third-order valence-corrected chi connectivity index (χ3v) is 5.84. The van der Waals surface area contributed by atoms with Crippen LogP contribution in [0.15, 0.2) is 78.8 Å². The van der Waals surface area contributed by atoms with Crippen molar-refractivity contribution in [2.45, 2.75) is 19.9 Å². The quantitative estimate of drug-likeness (QED) is 0.562. The summed E-state index contributed by atoms with van der Waals surface area (Å²) in [5, 5.41) is 0. The largest absolute Gasteiger partial charge is 0.494 e. The van der Waals surface area contributed by atoms with Crippen LogP contribution in [-0.4, -0.2) is 34.8 Å². The highest BCUT2D eigenvalue weighted by molar-refractivity contribution is 6.36. The van der Waals surface area contributed by atoms with Gasteiger partial charge in [-0.1, -0.05) is 30.3 Å². The Morgan fingerprint density at radius 1 is 0.938 bits per heavy atom. The van der Waals surface area contributed by atoms with Gasteiger partial charge in [0.2, 0.25) is 0 Å². The summed E-state index contributed by atoms with van der Waals surface area (Å²) in [6.45, 7) is 3.36. The van der Waals surface area contributed by atoms with Crippen molar-refractivity contribution in [2.75, 3.05) is 18.1 Å². The molecule has 3 aromatic rings. The van der Waals surface area contributed by atoms with Crippen LogP contribution in [0.3, 0.4) is 0 Å². The number of hydrogen-bond acceptors (Lipinski definition) is 5. The molecule has 0 saturated carbocycles. The van der Waals surface area contributed by atoms with Crippen LogP contribution in [0.1, 0.15) is 23.6 Å². The summed E-state index contributed by atoms with van der Waals surface area (Å²) in [5.41, 5.74) is 4.61. The van der Waals surface area contributed by atoms with Gasteiger partial charge < -0.3 is 9.64 Å². The van der Waals surface area contributed by atoms with Gasteiger partial charge in [-0.3, -0.25) is 19.5 Å². The zero-order valence-electron chi connectivity index (χ0n) is 17.8. The first-order valence-corrected chi connectivity index (χ1v) is 10.8. The highest BCUT2D eigenvalue weighted by Gasteiger charge is 2.43. The fourth-order valence-electron chi connectivity index (χ4n) is 4.34. The van der Waals surface area contributed by atoms with Crippen molar-refractivity contribution in [3.63, 3.8) is 0 Å². The van der Waals surface area contributed by atoms with E-state index in [1.165, 1.54) is 10.5 Å². The average Bonchev–Trinajstić information content (AvgIpc) is 3.35. The fraction of sp³-hybridized carbons (Fsp3) is 0.192. The number of nitrogens with zero attached hydrogens (tertiary/aromatic N) is 3. The molecule has 0 spiro atoms. The van der Waals surface area contributed by atoms with Gasteiger partial charge in [-0.15, -0.1) is 0 Å². The van der Waals surface area contributed by atoms with E-state index in [1.54, 1.807) is 12.4 Å². The molecule has 0 atom stereocenters. The number of carbonyl (C=O) groups is 2. The Balaban J connectivity index is 1.59. The van der Waals surface area contributed by atoms with Crippen LogP contribution in [0.25, 0.3) is 5.57 Å². The van der Waals surface area contributed by atoms with Crippen LogP contribution in [-0.2, 0) is 22.6 Å². The van der Waals surface area contributed by atoms with Crippen molar-refractivity contribution in [2.24, 2.45) is 0 Å². The number of carbonyl (C=O) groups excluding carboxylic acids is 2. The molecule has 0 N–H and O–H groups in total. The van der Waals surface area contributed by atoms with Crippen LogP contribution in [0.5, 0.6) is 5.75 Å². The number of para-hydroxylation sites is 1. The number of rotatable bonds is 6. The molecule has 6 heteroatoms. The first-order valence-electron chi connectivity index (χ1n) is 10.8. The van der Waals surface area contributed by atoms with Gasteiger partial charge in [-0.2, -0.15) is 0 Å². The van der Waals surface area contributed by atoms with E-state index in [0.717, 1.165) is 23.4 Å². The van der Waals surface area contributed by atoms with Crippen molar-refractivity contribution >= 4 is 23.1 Å². The molecule has 2 aromatic carbocycles. The van der Waals surface area contributed by atoms with Crippen molar-refractivity contribution in [3.05, 3.63) is 95.4 Å². The zero-order valence-corrected chi connectivity index (χ0v) is 17.8. The Kier molecular flexibility index (Phi) is 5.19. The van der Waals surface area contributed by atoms with E-state index < -0.39 is 0 Å². The molecule has 2 amide bonds. The second-order valence-corrected chi connectivity index (χ2v) is 7.76. The van der Waals surface area contributed by atoms with Gasteiger partial charge in [-0.25, -0.2) is 0 Å². The average molecular weight is 425 g/mol. The SMILES string of the molecule is CCOc1ccc(C2=C(N3CCc4ccccc43)C(=O)N(Cc3ccncc3)C2=O)cc1. The van der Waals surface area contributed by atoms with Gasteiger partial charge in [0.1, 0.15) is 11.4 Å². The van der Waals surface area contributed by atoms with Crippen molar-refractivity contribution in [3.8, 4) is 5.75 Å². The number of benzene rings is 2. The van der Waals surface area contributed by atoms with Gasteiger partial charge in [0.05, 0.1) is 18.7 Å². The molecular weight excluding hydrogens is 402 g/mol. The number of imide groups is 1. The summed E-state index contributed by atoms with van der Waals surface area (Å²) in [7, 11) is 0.